The molecule has 3 heterocycles. The number of benzene rings is 1. The molecule has 0 aliphatic carbocycles. The number of nitrogens with zero attached hydrogens (tertiary/aromatic N) is 2. The lowest BCUT2D eigenvalue weighted by Gasteiger charge is -2.36. The van der Waals surface area contributed by atoms with Crippen LogP contribution in [-0.4, -0.2) is 52.9 Å². The molecule has 0 bridgehead atoms. The van der Waals surface area contributed by atoms with Gasteiger partial charge in [-0.15, -0.1) is 0 Å². The third-order valence-corrected chi connectivity index (χ3v) is 6.07. The summed E-state index contributed by atoms with van der Waals surface area (Å²) >= 11 is 0. The predicted molar refractivity (Wildman–Crippen MR) is 126 cm³/mol. The van der Waals surface area contributed by atoms with Crippen LogP contribution in [0.15, 0.2) is 24.5 Å². The molecule has 0 radical (unpaired) electrons. The van der Waals surface area contributed by atoms with Gasteiger partial charge in [0.05, 0.1) is 24.0 Å². The van der Waals surface area contributed by atoms with Gasteiger partial charge in [0.2, 0.25) is 5.95 Å². The molecule has 14 heteroatoms. The number of fused-ring (bicyclic) bond motifs is 1. The Kier molecular flexibility index (Phi) is 7.13. The minimum Gasteiger partial charge on any atom is -0.453 e. The Morgan fingerprint density at radius 1 is 1.27 bits per heavy atom. The van der Waals surface area contributed by atoms with Gasteiger partial charge in [-0.2, -0.15) is 22.0 Å². The second kappa shape index (κ2) is 10.00. The number of piperidine rings is 1. The predicted octanol–water partition coefficient (Wildman–Crippen LogP) is 5.37. The third-order valence-electron chi connectivity index (χ3n) is 6.07. The molecule has 1 aliphatic rings. The van der Waals surface area contributed by atoms with Gasteiger partial charge in [0.25, 0.3) is 0 Å². The summed E-state index contributed by atoms with van der Waals surface area (Å²) in [5, 5.41) is 8.79. The van der Waals surface area contributed by atoms with E-state index in [1.54, 1.807) is 0 Å². The second-order valence-electron chi connectivity index (χ2n) is 9.16. The van der Waals surface area contributed by atoms with Crippen LogP contribution < -0.4 is 20.7 Å². The van der Waals surface area contributed by atoms with Crippen molar-refractivity contribution in [3.05, 3.63) is 30.1 Å². The van der Waals surface area contributed by atoms with E-state index in [2.05, 4.69) is 54.2 Å². The standard InChI is InChI=1S/C23H25F5N6O3/c1-22(2)7-6-11(8-31-22)32-20-30-10-14(23(26,27)28)16(34-20)13-9-29-17-12(13)4-5-15(33-21(35)36-3)18(17)37-19(24)25/h4-5,9-11,19,29,31H,6-8H2,1-3H3,(H,33,35)(H,30,32,34). The average Bonchev–Trinajstić information content (AvgIpc) is 3.25. The molecule has 1 atom stereocenters. The number of aromatic amines is 1. The van der Waals surface area contributed by atoms with Crippen molar-refractivity contribution in [3.8, 4) is 17.0 Å². The van der Waals surface area contributed by atoms with Gasteiger partial charge in [0, 0.05) is 41.5 Å². The lowest BCUT2D eigenvalue weighted by atomic mass is 9.91. The summed E-state index contributed by atoms with van der Waals surface area (Å²) in [6.45, 7) is 1.42. The number of ether oxygens (including phenoxy) is 2. The van der Waals surface area contributed by atoms with Crippen molar-refractivity contribution in [1.29, 1.82) is 0 Å². The molecule has 3 aromatic rings. The molecule has 9 nitrogen and oxygen atoms in total. The number of methoxy groups -OCH3 is 1. The van der Waals surface area contributed by atoms with Crippen LogP contribution in [-0.2, 0) is 10.9 Å². The number of anilines is 2. The molecule has 1 aliphatic heterocycles. The zero-order valence-corrected chi connectivity index (χ0v) is 20.1. The van der Waals surface area contributed by atoms with Gasteiger partial charge < -0.3 is 25.1 Å². The molecule has 200 valence electrons. The zero-order chi connectivity index (χ0) is 27.0. The Morgan fingerprint density at radius 2 is 2.03 bits per heavy atom. The van der Waals surface area contributed by atoms with Crippen LogP contribution in [0.4, 0.5) is 38.4 Å². The van der Waals surface area contributed by atoms with Crippen LogP contribution in [0.25, 0.3) is 22.2 Å². The van der Waals surface area contributed by atoms with E-state index in [0.29, 0.717) is 12.7 Å². The molecular formula is C23H25F5N6O3. The van der Waals surface area contributed by atoms with Crippen molar-refractivity contribution < 1.29 is 36.2 Å². The average molecular weight is 528 g/mol. The van der Waals surface area contributed by atoms with Crippen molar-refractivity contribution >= 4 is 28.6 Å². The van der Waals surface area contributed by atoms with E-state index in [-0.39, 0.29) is 39.7 Å². The number of rotatable bonds is 6. The van der Waals surface area contributed by atoms with E-state index in [1.165, 1.54) is 18.3 Å². The number of H-pyrrole nitrogens is 1. The SMILES string of the molecule is COC(=O)Nc1ccc2c(-c3nc(NC4CCC(C)(C)NC4)ncc3C(F)(F)F)c[nH]c2c1OC(F)F. The Balaban J connectivity index is 1.78. The maximum Gasteiger partial charge on any atom is 0.419 e. The largest absolute Gasteiger partial charge is 0.453 e. The summed E-state index contributed by atoms with van der Waals surface area (Å²) in [7, 11) is 1.08. The summed E-state index contributed by atoms with van der Waals surface area (Å²) in [4.78, 5) is 22.3. The van der Waals surface area contributed by atoms with Gasteiger partial charge in [-0.3, -0.25) is 5.32 Å². The molecule has 0 saturated carbocycles. The maximum absolute atomic E-state index is 13.9. The number of nitrogens with one attached hydrogen (secondary N) is 4. The van der Waals surface area contributed by atoms with E-state index in [4.69, 9.17) is 0 Å². The molecule has 4 N–H and O–H groups in total. The lowest BCUT2D eigenvalue weighted by Crippen LogP contribution is -2.50. The third kappa shape index (κ3) is 5.84. The van der Waals surface area contributed by atoms with E-state index in [9.17, 15) is 26.7 Å². The van der Waals surface area contributed by atoms with Crippen LogP contribution in [0.2, 0.25) is 0 Å². The Morgan fingerprint density at radius 3 is 2.65 bits per heavy atom. The summed E-state index contributed by atoms with van der Waals surface area (Å²) < 4.78 is 77.1. The van der Waals surface area contributed by atoms with Gasteiger partial charge in [0.15, 0.2) is 5.75 Å². The molecule has 1 amide bonds. The van der Waals surface area contributed by atoms with Crippen LogP contribution in [0, 0.1) is 0 Å². The van der Waals surface area contributed by atoms with E-state index in [0.717, 1.165) is 20.0 Å². The van der Waals surface area contributed by atoms with Crippen LogP contribution in [0.3, 0.4) is 0 Å². The molecule has 0 spiro atoms. The number of amides is 1. The highest BCUT2D eigenvalue weighted by Crippen LogP contribution is 2.42. The van der Waals surface area contributed by atoms with Crippen LogP contribution >= 0.6 is 0 Å². The van der Waals surface area contributed by atoms with Gasteiger partial charge >= 0.3 is 18.9 Å². The summed E-state index contributed by atoms with van der Waals surface area (Å²) in [6, 6.07) is 2.48. The first kappa shape index (κ1) is 26.4. The van der Waals surface area contributed by atoms with E-state index in [1.807, 2.05) is 0 Å². The Hall–Kier alpha value is -3.68. The van der Waals surface area contributed by atoms with Gasteiger partial charge in [0.1, 0.15) is 5.56 Å². The van der Waals surface area contributed by atoms with Crippen molar-refractivity contribution in [2.24, 2.45) is 0 Å². The highest BCUT2D eigenvalue weighted by molar-refractivity contribution is 6.03. The molecule has 1 fully saturated rings. The van der Waals surface area contributed by atoms with E-state index < -0.39 is 35.9 Å². The fraction of sp³-hybridized carbons (Fsp3) is 0.435. The topological polar surface area (TPSA) is 113 Å². The Labute approximate surface area is 208 Å². The molecule has 1 unspecified atom stereocenters. The number of alkyl halides is 5. The zero-order valence-electron chi connectivity index (χ0n) is 20.1. The van der Waals surface area contributed by atoms with Crippen molar-refractivity contribution in [3.63, 3.8) is 0 Å². The van der Waals surface area contributed by atoms with E-state index >= 15 is 0 Å². The van der Waals surface area contributed by atoms with Gasteiger partial charge in [-0.25, -0.2) is 14.8 Å². The smallest absolute Gasteiger partial charge is 0.419 e. The fourth-order valence-corrected chi connectivity index (χ4v) is 4.13. The molecule has 1 saturated heterocycles. The second-order valence-corrected chi connectivity index (χ2v) is 9.16. The number of aromatic nitrogens is 3. The molecule has 1 aromatic carbocycles. The molecular weight excluding hydrogens is 503 g/mol. The first-order valence-corrected chi connectivity index (χ1v) is 11.3. The van der Waals surface area contributed by atoms with Crippen molar-refractivity contribution in [2.45, 2.75) is 51.1 Å². The first-order chi connectivity index (χ1) is 17.4. The van der Waals surface area contributed by atoms with Crippen molar-refractivity contribution in [1.82, 2.24) is 20.3 Å². The molecule has 2 aromatic heterocycles. The van der Waals surface area contributed by atoms with Crippen LogP contribution in [0.5, 0.6) is 5.75 Å². The fourth-order valence-electron chi connectivity index (χ4n) is 4.13. The van der Waals surface area contributed by atoms with Gasteiger partial charge in [-0.05, 0) is 38.8 Å². The summed E-state index contributed by atoms with van der Waals surface area (Å²) in [5.41, 5.74) is -1.84. The lowest BCUT2D eigenvalue weighted by molar-refractivity contribution is -0.137. The number of carbonyl (C=O) groups is 1. The maximum atomic E-state index is 13.9. The number of hydrogen-bond donors (Lipinski definition) is 4. The van der Waals surface area contributed by atoms with Gasteiger partial charge in [-0.1, -0.05) is 0 Å². The first-order valence-electron chi connectivity index (χ1n) is 11.3. The minimum absolute atomic E-state index is 0.00288. The monoisotopic (exact) mass is 528 g/mol. The molecule has 37 heavy (non-hydrogen) atoms. The minimum atomic E-state index is -4.79. The summed E-state index contributed by atoms with van der Waals surface area (Å²) in [6.07, 6.45) is -2.24. The number of hydrogen-bond acceptors (Lipinski definition) is 7. The summed E-state index contributed by atoms with van der Waals surface area (Å²) in [5.74, 6) is -0.474. The normalized spacial score (nSPS) is 17.6. The number of halogens is 5. The highest BCUT2D eigenvalue weighted by Gasteiger charge is 2.37. The quantitative estimate of drug-likeness (QED) is 0.319. The van der Waals surface area contributed by atoms with Crippen LogP contribution in [0.1, 0.15) is 32.3 Å². The van der Waals surface area contributed by atoms with Crippen molar-refractivity contribution in [2.75, 3.05) is 24.3 Å². The number of carbonyl (C=O) groups excluding carboxylic acids is 1. The highest BCUT2D eigenvalue weighted by atomic mass is 19.4. The Bertz CT molecular complexity index is 1280. The molecule has 4 rings (SSSR count).